The third-order valence-electron chi connectivity index (χ3n) is 4.16. The highest BCUT2D eigenvalue weighted by Crippen LogP contribution is 2.38. The number of fused-ring (bicyclic) bond motifs is 1. The van der Waals surface area contributed by atoms with E-state index in [9.17, 15) is 23.8 Å². The molecule has 0 saturated heterocycles. The van der Waals surface area contributed by atoms with Gasteiger partial charge in [0.1, 0.15) is 23.1 Å². The van der Waals surface area contributed by atoms with Gasteiger partial charge in [0, 0.05) is 24.2 Å². The van der Waals surface area contributed by atoms with Gasteiger partial charge in [-0.3, -0.25) is 4.79 Å². The summed E-state index contributed by atoms with van der Waals surface area (Å²) in [7, 11) is 0. The lowest BCUT2D eigenvalue weighted by Crippen LogP contribution is -2.28. The number of amides is 1. The second kappa shape index (κ2) is 9.68. The molecule has 0 bridgehead atoms. The highest BCUT2D eigenvalue weighted by molar-refractivity contribution is 5.96. The molecule has 1 atom stereocenters. The van der Waals surface area contributed by atoms with Crippen molar-refractivity contribution < 1.29 is 28.5 Å². The van der Waals surface area contributed by atoms with Crippen molar-refractivity contribution in [1.82, 2.24) is 5.32 Å². The molecule has 152 valence electrons. The lowest BCUT2D eigenvalue weighted by molar-refractivity contribution is -0.118. The second-order valence-corrected chi connectivity index (χ2v) is 6.35. The zero-order valence-electron chi connectivity index (χ0n) is 14.9. The van der Waals surface area contributed by atoms with Crippen LogP contribution < -0.4 is 15.4 Å². The summed E-state index contributed by atoms with van der Waals surface area (Å²) < 4.78 is 31.7. The number of hydrogen-bond acceptors (Lipinski definition) is 5. The molecule has 2 aromatic carbocycles. The van der Waals surface area contributed by atoms with Crippen LogP contribution in [-0.4, -0.2) is 35.8 Å². The SMILES string of the molecule is Cl.O=C1COc2c(cc(O)cc2C(O)CNCCCc2cc(F)cc(F)c2)N1. The summed E-state index contributed by atoms with van der Waals surface area (Å²) >= 11 is 0. The molecule has 1 aliphatic heterocycles. The Morgan fingerprint density at radius 2 is 1.89 bits per heavy atom. The first-order valence-corrected chi connectivity index (χ1v) is 8.55. The molecule has 28 heavy (non-hydrogen) atoms. The lowest BCUT2D eigenvalue weighted by Gasteiger charge is -2.23. The van der Waals surface area contributed by atoms with Gasteiger partial charge in [0.2, 0.25) is 0 Å². The summed E-state index contributed by atoms with van der Waals surface area (Å²) in [4.78, 5) is 11.4. The van der Waals surface area contributed by atoms with Gasteiger partial charge in [-0.05, 0) is 43.1 Å². The Balaban J connectivity index is 0.00000280. The molecular weight excluding hydrogens is 394 g/mol. The fraction of sp³-hybridized carbons (Fsp3) is 0.316. The van der Waals surface area contributed by atoms with Gasteiger partial charge >= 0.3 is 0 Å². The summed E-state index contributed by atoms with van der Waals surface area (Å²) in [6.07, 6.45) is 0.154. The minimum Gasteiger partial charge on any atom is -0.508 e. The van der Waals surface area contributed by atoms with Crippen LogP contribution in [0.4, 0.5) is 14.5 Å². The van der Waals surface area contributed by atoms with E-state index in [1.165, 1.54) is 24.3 Å². The van der Waals surface area contributed by atoms with Gasteiger partial charge in [0.05, 0.1) is 11.8 Å². The van der Waals surface area contributed by atoms with E-state index in [2.05, 4.69) is 10.6 Å². The molecule has 6 nitrogen and oxygen atoms in total. The zero-order chi connectivity index (χ0) is 19.4. The predicted octanol–water partition coefficient (Wildman–Crippen LogP) is 2.68. The number of rotatable bonds is 7. The van der Waals surface area contributed by atoms with Gasteiger partial charge in [-0.2, -0.15) is 0 Å². The molecule has 9 heteroatoms. The maximum atomic E-state index is 13.1. The number of benzene rings is 2. The smallest absolute Gasteiger partial charge is 0.262 e. The van der Waals surface area contributed by atoms with Crippen LogP contribution >= 0.6 is 12.4 Å². The number of phenolic OH excluding ortho intramolecular Hbond substituents is 1. The van der Waals surface area contributed by atoms with E-state index in [1.54, 1.807) is 0 Å². The van der Waals surface area contributed by atoms with E-state index < -0.39 is 17.7 Å². The minimum absolute atomic E-state index is 0. The molecule has 2 aromatic rings. The van der Waals surface area contributed by atoms with Crippen LogP contribution in [0.1, 0.15) is 23.7 Å². The standard InChI is InChI=1S/C19H20F2N2O4.ClH/c20-12-4-11(5-13(21)6-12)2-1-3-22-9-17(25)15-7-14(24)8-16-19(15)27-10-18(26)23-16;/h4-8,17,22,24-25H,1-3,9-10H2,(H,23,26);1H. The molecule has 1 unspecified atom stereocenters. The maximum Gasteiger partial charge on any atom is 0.262 e. The van der Waals surface area contributed by atoms with Crippen molar-refractivity contribution in [2.24, 2.45) is 0 Å². The molecule has 0 aliphatic carbocycles. The monoisotopic (exact) mass is 414 g/mol. The van der Waals surface area contributed by atoms with Crippen LogP contribution in [-0.2, 0) is 11.2 Å². The summed E-state index contributed by atoms with van der Waals surface area (Å²) in [6.45, 7) is 0.549. The number of aromatic hydroxyl groups is 1. The highest BCUT2D eigenvalue weighted by Gasteiger charge is 2.24. The predicted molar refractivity (Wildman–Crippen MR) is 102 cm³/mol. The fourth-order valence-corrected chi connectivity index (χ4v) is 2.98. The first-order valence-electron chi connectivity index (χ1n) is 8.55. The van der Waals surface area contributed by atoms with Crippen molar-refractivity contribution >= 4 is 24.0 Å². The molecule has 0 saturated carbocycles. The van der Waals surface area contributed by atoms with Gasteiger partial charge in [0.15, 0.2) is 6.61 Å². The third kappa shape index (κ3) is 5.54. The number of halogens is 3. The zero-order valence-corrected chi connectivity index (χ0v) is 15.7. The van der Waals surface area contributed by atoms with Gasteiger partial charge in [-0.15, -0.1) is 12.4 Å². The number of aliphatic hydroxyl groups excluding tert-OH is 1. The van der Waals surface area contributed by atoms with Gasteiger partial charge in [-0.1, -0.05) is 0 Å². The number of hydrogen-bond donors (Lipinski definition) is 4. The third-order valence-corrected chi connectivity index (χ3v) is 4.16. The van der Waals surface area contributed by atoms with Crippen LogP contribution in [0, 0.1) is 11.6 Å². The number of aryl methyl sites for hydroxylation is 1. The normalized spacial score (nSPS) is 13.8. The second-order valence-electron chi connectivity index (χ2n) is 6.35. The largest absolute Gasteiger partial charge is 0.508 e. The van der Waals surface area contributed by atoms with Crippen molar-refractivity contribution in [2.45, 2.75) is 18.9 Å². The Morgan fingerprint density at radius 1 is 1.18 bits per heavy atom. The summed E-state index contributed by atoms with van der Waals surface area (Å²) in [6, 6.07) is 6.16. The van der Waals surface area contributed by atoms with Crippen molar-refractivity contribution in [3.63, 3.8) is 0 Å². The number of carbonyl (C=O) groups is 1. The summed E-state index contributed by atoms with van der Waals surface area (Å²) in [5, 5.41) is 25.8. The van der Waals surface area contributed by atoms with Gasteiger partial charge in [0.25, 0.3) is 5.91 Å². The molecule has 0 radical (unpaired) electrons. The highest BCUT2D eigenvalue weighted by atomic mass is 35.5. The first kappa shape index (κ1) is 21.9. The number of ether oxygens (including phenoxy) is 1. The van der Waals surface area contributed by atoms with E-state index in [4.69, 9.17) is 4.74 Å². The van der Waals surface area contributed by atoms with E-state index >= 15 is 0 Å². The Kier molecular flexibility index (Phi) is 7.56. The quantitative estimate of drug-likeness (QED) is 0.523. The number of aliphatic hydroxyl groups is 1. The molecule has 1 amide bonds. The molecule has 0 aromatic heterocycles. The van der Waals surface area contributed by atoms with E-state index in [0.29, 0.717) is 42.0 Å². The Labute approximate surface area is 166 Å². The van der Waals surface area contributed by atoms with Crippen LogP contribution in [0.25, 0.3) is 0 Å². The number of carbonyl (C=O) groups excluding carboxylic acids is 1. The number of nitrogens with one attached hydrogen (secondary N) is 2. The molecule has 4 N–H and O–H groups in total. The molecular formula is C19H21ClF2N2O4. The van der Waals surface area contributed by atoms with Crippen LogP contribution in [0.5, 0.6) is 11.5 Å². The van der Waals surface area contributed by atoms with Crippen molar-refractivity contribution in [2.75, 3.05) is 25.0 Å². The molecule has 0 fully saturated rings. The average molecular weight is 415 g/mol. The van der Waals surface area contributed by atoms with Gasteiger partial charge < -0.3 is 25.6 Å². The summed E-state index contributed by atoms with van der Waals surface area (Å²) in [5.74, 6) is -1.30. The Hall–Kier alpha value is -2.42. The maximum absolute atomic E-state index is 13.1. The fourth-order valence-electron chi connectivity index (χ4n) is 2.98. The molecule has 1 aliphatic rings. The number of phenols is 1. The topological polar surface area (TPSA) is 90.8 Å². The molecule has 0 spiro atoms. The Morgan fingerprint density at radius 3 is 2.61 bits per heavy atom. The van der Waals surface area contributed by atoms with Gasteiger partial charge in [-0.25, -0.2) is 8.78 Å². The lowest BCUT2D eigenvalue weighted by atomic mass is 10.0. The Bertz CT molecular complexity index is 831. The first-order chi connectivity index (χ1) is 12.9. The summed E-state index contributed by atoms with van der Waals surface area (Å²) in [5.41, 5.74) is 1.25. The molecule has 1 heterocycles. The van der Waals surface area contributed by atoms with Crippen LogP contribution in [0.3, 0.4) is 0 Å². The van der Waals surface area contributed by atoms with E-state index in [0.717, 1.165) is 6.07 Å². The van der Waals surface area contributed by atoms with Crippen LogP contribution in [0.15, 0.2) is 30.3 Å². The van der Waals surface area contributed by atoms with Crippen molar-refractivity contribution in [3.8, 4) is 11.5 Å². The van der Waals surface area contributed by atoms with E-state index in [-0.39, 0.29) is 37.2 Å². The van der Waals surface area contributed by atoms with Crippen molar-refractivity contribution in [3.05, 3.63) is 53.1 Å². The minimum atomic E-state index is -0.965. The van der Waals surface area contributed by atoms with Crippen molar-refractivity contribution in [1.29, 1.82) is 0 Å². The molecule has 3 rings (SSSR count). The van der Waals surface area contributed by atoms with Crippen LogP contribution in [0.2, 0.25) is 0 Å². The van der Waals surface area contributed by atoms with E-state index in [1.807, 2.05) is 0 Å². The number of anilines is 1. The average Bonchev–Trinajstić information content (AvgIpc) is 2.59.